The monoisotopic (exact) mass is 665 g/mol. The fraction of sp³-hybridized carbons (Fsp3) is 0.455. The maximum Gasteiger partial charge on any atom is 0.305 e. The van der Waals surface area contributed by atoms with E-state index in [2.05, 4.69) is 4.98 Å². The van der Waals surface area contributed by atoms with Gasteiger partial charge in [0.25, 0.3) is 5.91 Å². The van der Waals surface area contributed by atoms with Gasteiger partial charge in [-0.1, -0.05) is 22.9 Å². The van der Waals surface area contributed by atoms with Crippen LogP contribution < -0.4 is 19.2 Å². The molecule has 3 amide bonds. The van der Waals surface area contributed by atoms with Gasteiger partial charge < -0.3 is 19.4 Å². The fourth-order valence-corrected chi connectivity index (χ4v) is 11.7. The van der Waals surface area contributed by atoms with Gasteiger partial charge in [-0.3, -0.25) is 24.1 Å². The minimum absolute atomic E-state index is 0.0158. The molecule has 1 aromatic heterocycles. The Bertz CT molecular complexity index is 1750. The number of thioether (sulfide) groups is 1. The summed E-state index contributed by atoms with van der Waals surface area (Å²) in [6.45, 7) is 1.40. The highest BCUT2D eigenvalue weighted by Crippen LogP contribution is 2.69. The van der Waals surface area contributed by atoms with Crippen molar-refractivity contribution in [2.45, 2.75) is 41.9 Å². The average molecular weight is 666 g/mol. The maximum absolute atomic E-state index is 14.1. The molecule has 7 atom stereocenters. The summed E-state index contributed by atoms with van der Waals surface area (Å²) >= 11 is 9.41. The van der Waals surface area contributed by atoms with Gasteiger partial charge in [-0.05, 0) is 85.9 Å². The number of amides is 3. The number of piperidine rings is 1. The second-order valence-electron chi connectivity index (χ2n) is 12.6. The van der Waals surface area contributed by atoms with Crippen molar-refractivity contribution in [3.63, 3.8) is 0 Å². The molecule has 1 N–H and O–H groups in total. The zero-order valence-electron chi connectivity index (χ0n) is 24.6. The normalized spacial score (nSPS) is 29.9. The van der Waals surface area contributed by atoms with Gasteiger partial charge in [-0.25, -0.2) is 0 Å². The second kappa shape index (κ2) is 11.2. The Morgan fingerprint density at radius 3 is 2.47 bits per heavy atom. The molecule has 3 aromatic rings. The number of nitrogens with one attached hydrogen (secondary N) is 1. The summed E-state index contributed by atoms with van der Waals surface area (Å²) in [5, 5.41) is 1.35. The van der Waals surface area contributed by atoms with E-state index in [4.69, 9.17) is 21.1 Å². The molecule has 2 saturated heterocycles. The molecule has 4 unspecified atom stereocenters. The zero-order chi connectivity index (χ0) is 31.0. The molecule has 2 bridgehead atoms. The van der Waals surface area contributed by atoms with Crippen LogP contribution in [-0.4, -0.2) is 59.7 Å². The summed E-state index contributed by atoms with van der Waals surface area (Å²) in [5.74, 6) is -0.351. The Kier molecular flexibility index (Phi) is 7.26. The Morgan fingerprint density at radius 1 is 1.00 bits per heavy atom. The molecule has 4 fully saturated rings. The first-order valence-electron chi connectivity index (χ1n) is 15.5. The number of H-pyrrole nitrogens is 1. The van der Waals surface area contributed by atoms with Gasteiger partial charge in [-0.15, -0.1) is 11.8 Å². The van der Waals surface area contributed by atoms with Crippen LogP contribution >= 0.6 is 34.7 Å². The van der Waals surface area contributed by atoms with Crippen molar-refractivity contribution < 1.29 is 23.9 Å². The molecular formula is C33H32ClN3O6S2. The third kappa shape index (κ3) is 4.64. The van der Waals surface area contributed by atoms with Gasteiger partial charge >= 0.3 is 4.87 Å². The van der Waals surface area contributed by atoms with E-state index in [1.165, 1.54) is 16.2 Å². The first kappa shape index (κ1) is 29.1. The number of hydrogen-bond acceptors (Lipinski definition) is 8. The van der Waals surface area contributed by atoms with Crippen LogP contribution in [0.25, 0.3) is 0 Å². The van der Waals surface area contributed by atoms with Gasteiger partial charge in [0.05, 0.1) is 29.7 Å². The van der Waals surface area contributed by atoms with Crippen LogP contribution in [-0.2, 0) is 14.4 Å². The van der Waals surface area contributed by atoms with Crippen molar-refractivity contribution in [3.05, 3.63) is 67.6 Å². The number of imide groups is 1. The molecule has 8 rings (SSSR count). The topological polar surface area (TPSA) is 109 Å². The molecule has 2 saturated carbocycles. The number of rotatable bonds is 6. The number of benzene rings is 2. The number of fused-ring (bicyclic) bond motifs is 9. The first-order chi connectivity index (χ1) is 21.8. The Balaban J connectivity index is 1.15. The molecule has 4 heterocycles. The predicted molar refractivity (Wildman–Crippen MR) is 171 cm³/mol. The highest BCUT2D eigenvalue weighted by Gasteiger charge is 2.69. The van der Waals surface area contributed by atoms with Crippen LogP contribution in [0.1, 0.15) is 42.0 Å². The number of hydrogen-bond donors (Lipinski definition) is 1. The van der Waals surface area contributed by atoms with Crippen molar-refractivity contribution >= 4 is 58.1 Å². The van der Waals surface area contributed by atoms with Gasteiger partial charge in [-0.2, -0.15) is 0 Å². The van der Waals surface area contributed by atoms with E-state index in [1.54, 1.807) is 55.3 Å². The number of aromatic amines is 1. The average Bonchev–Trinajstić information content (AvgIpc) is 3.79. The van der Waals surface area contributed by atoms with E-state index in [0.717, 1.165) is 54.2 Å². The lowest BCUT2D eigenvalue weighted by Crippen LogP contribution is -2.43. The smallest absolute Gasteiger partial charge is 0.305 e. The molecule has 2 aliphatic carbocycles. The second-order valence-corrected chi connectivity index (χ2v) is 15.2. The van der Waals surface area contributed by atoms with Crippen molar-refractivity contribution in [2.75, 3.05) is 31.7 Å². The summed E-state index contributed by atoms with van der Waals surface area (Å²) in [5.41, 5.74) is 1.37. The molecule has 0 radical (unpaired) electrons. The fourth-order valence-electron chi connectivity index (χ4n) is 8.62. The number of likely N-dealkylation sites (tertiary alicyclic amines) is 1. The number of halogens is 1. The standard InChI is InChI=1S/C33H32ClN3O6S2/c1-42-18-8-6-17(7-9-18)37-31(39)26-20-14-21(27(26)32(37)40)28-25(20)24(29-30(44-28)35-33(41)45-29)19-13-16(34)5-10-22(19)43-15-23(38)36-11-3-2-4-12-36/h5-10,13,20-21,24-28H,2-4,11-12,14-15H2,1H3,(H,35,41)/t20-,21-,24-,25?,26?,27?,28?/m1/s1. The van der Waals surface area contributed by atoms with Gasteiger partial charge in [0, 0.05) is 39.7 Å². The van der Waals surface area contributed by atoms with Crippen LogP contribution in [0.4, 0.5) is 5.69 Å². The third-order valence-electron chi connectivity index (χ3n) is 10.4. The summed E-state index contributed by atoms with van der Waals surface area (Å²) in [6.07, 6.45) is 3.90. The predicted octanol–water partition coefficient (Wildman–Crippen LogP) is 5.17. The number of carbonyl (C=O) groups is 3. The number of methoxy groups -OCH3 is 1. The number of nitrogens with zero attached hydrogens (tertiary/aromatic N) is 2. The van der Waals surface area contributed by atoms with E-state index in [9.17, 15) is 19.2 Å². The summed E-state index contributed by atoms with van der Waals surface area (Å²) in [4.78, 5) is 60.8. The van der Waals surface area contributed by atoms with Crippen LogP contribution in [0.3, 0.4) is 0 Å². The SMILES string of the molecule is COc1ccc(N2C(=O)C3C(C2=O)[C@@H]2C[C@H]3C3Sc4[nH]c(=O)sc4[C@H](c4cc(Cl)ccc4OCC(=O)N4CCCCC4)C32)cc1. The number of anilines is 1. The molecule has 0 spiro atoms. The van der Waals surface area contributed by atoms with Crippen LogP contribution in [0.2, 0.25) is 5.02 Å². The minimum Gasteiger partial charge on any atom is -0.497 e. The minimum atomic E-state index is -0.435. The quantitative estimate of drug-likeness (QED) is 0.362. The molecule has 3 aliphatic heterocycles. The molecule has 12 heteroatoms. The van der Waals surface area contributed by atoms with Gasteiger partial charge in [0.15, 0.2) is 6.61 Å². The van der Waals surface area contributed by atoms with Gasteiger partial charge in [0.2, 0.25) is 11.8 Å². The van der Waals surface area contributed by atoms with Crippen molar-refractivity contribution in [1.29, 1.82) is 0 Å². The van der Waals surface area contributed by atoms with Crippen molar-refractivity contribution in [2.24, 2.45) is 29.6 Å². The van der Waals surface area contributed by atoms with Crippen molar-refractivity contribution in [3.8, 4) is 11.5 Å². The molecule has 2 aromatic carbocycles. The summed E-state index contributed by atoms with van der Waals surface area (Å²) in [7, 11) is 1.58. The van der Waals surface area contributed by atoms with Gasteiger partial charge in [0.1, 0.15) is 11.5 Å². The van der Waals surface area contributed by atoms with Crippen LogP contribution in [0.5, 0.6) is 11.5 Å². The van der Waals surface area contributed by atoms with E-state index < -0.39 is 11.8 Å². The summed E-state index contributed by atoms with van der Waals surface area (Å²) in [6, 6.07) is 12.5. The lowest BCUT2D eigenvalue weighted by atomic mass is 9.68. The highest BCUT2D eigenvalue weighted by molar-refractivity contribution is 8.00. The van der Waals surface area contributed by atoms with Crippen LogP contribution in [0, 0.1) is 29.6 Å². The lowest BCUT2D eigenvalue weighted by molar-refractivity contribution is -0.134. The number of aromatic nitrogens is 1. The molecule has 9 nitrogen and oxygen atoms in total. The summed E-state index contributed by atoms with van der Waals surface area (Å²) < 4.78 is 11.5. The lowest BCUT2D eigenvalue weighted by Gasteiger charge is -2.43. The van der Waals surface area contributed by atoms with E-state index in [-0.39, 0.29) is 58.1 Å². The maximum atomic E-state index is 14.1. The first-order valence-corrected chi connectivity index (χ1v) is 17.5. The Hall–Kier alpha value is -3.28. The van der Waals surface area contributed by atoms with Crippen LogP contribution in [0.15, 0.2) is 52.3 Å². The Labute approximate surface area is 273 Å². The largest absolute Gasteiger partial charge is 0.497 e. The van der Waals surface area contributed by atoms with Crippen molar-refractivity contribution in [1.82, 2.24) is 9.88 Å². The highest BCUT2D eigenvalue weighted by atomic mass is 35.5. The van der Waals surface area contributed by atoms with E-state index >= 15 is 0 Å². The van der Waals surface area contributed by atoms with E-state index in [0.29, 0.717) is 22.2 Å². The third-order valence-corrected chi connectivity index (χ3v) is 13.2. The molecule has 234 valence electrons. The zero-order valence-corrected chi connectivity index (χ0v) is 27.0. The molecule has 5 aliphatic rings. The number of ether oxygens (including phenoxy) is 2. The number of thiazole rings is 1. The van der Waals surface area contributed by atoms with E-state index in [1.807, 2.05) is 11.0 Å². The number of carbonyl (C=O) groups excluding carboxylic acids is 3. The molecular weight excluding hydrogens is 634 g/mol. The molecule has 45 heavy (non-hydrogen) atoms. The Morgan fingerprint density at radius 2 is 1.73 bits per heavy atom.